The summed E-state index contributed by atoms with van der Waals surface area (Å²) in [4.78, 5) is 21.2. The molecule has 1 aromatic carbocycles. The molecule has 5 heterocycles. The zero-order valence-electron chi connectivity index (χ0n) is 14.9. The standard InChI is InChI=1S/C20H22N4OS/c1-12-10-21-20(26-12)14-2-3-17-16(8-14)19(23-22-17)18(25)9-15-11-24-6-4-13(15)5-7-24/h2-3,8,10,13,15H,4-7,9,11H2,1H3,(H,22,23)/t15-/m0/s1. The molecule has 0 amide bonds. The van der Waals surface area contributed by atoms with Gasteiger partial charge in [0.2, 0.25) is 0 Å². The Hall–Kier alpha value is -2.05. The second-order valence-electron chi connectivity index (χ2n) is 7.63. The monoisotopic (exact) mass is 366 g/mol. The Morgan fingerprint density at radius 2 is 2.19 bits per heavy atom. The van der Waals surface area contributed by atoms with Gasteiger partial charge in [-0.1, -0.05) is 0 Å². The molecule has 1 N–H and O–H groups in total. The zero-order chi connectivity index (χ0) is 17.7. The van der Waals surface area contributed by atoms with Crippen molar-refractivity contribution in [2.45, 2.75) is 26.2 Å². The van der Waals surface area contributed by atoms with Crippen molar-refractivity contribution < 1.29 is 4.79 Å². The van der Waals surface area contributed by atoms with Crippen molar-refractivity contribution in [2.24, 2.45) is 11.8 Å². The van der Waals surface area contributed by atoms with E-state index in [0.29, 0.717) is 24.0 Å². The highest BCUT2D eigenvalue weighted by Crippen LogP contribution is 2.35. The molecule has 0 unspecified atom stereocenters. The van der Waals surface area contributed by atoms with Crippen LogP contribution in [0.15, 0.2) is 24.4 Å². The van der Waals surface area contributed by atoms with E-state index < -0.39 is 0 Å². The number of benzene rings is 1. The first-order valence-corrected chi connectivity index (χ1v) is 10.2. The minimum Gasteiger partial charge on any atom is -0.303 e. The zero-order valence-corrected chi connectivity index (χ0v) is 15.7. The smallest absolute Gasteiger partial charge is 0.184 e. The molecule has 0 radical (unpaired) electrons. The second-order valence-corrected chi connectivity index (χ2v) is 8.87. The second kappa shape index (κ2) is 6.28. The highest BCUT2D eigenvalue weighted by atomic mass is 32.1. The van der Waals surface area contributed by atoms with Crippen molar-refractivity contribution in [1.29, 1.82) is 0 Å². The molecule has 0 aliphatic carbocycles. The topological polar surface area (TPSA) is 61.9 Å². The van der Waals surface area contributed by atoms with Gasteiger partial charge >= 0.3 is 0 Å². The third-order valence-corrected chi connectivity index (χ3v) is 6.90. The number of H-pyrrole nitrogens is 1. The molecular formula is C20H22N4OS. The molecule has 26 heavy (non-hydrogen) atoms. The molecule has 0 saturated carbocycles. The lowest BCUT2D eigenvalue weighted by Gasteiger charge is -2.44. The number of nitrogens with zero attached hydrogens (tertiary/aromatic N) is 3. The lowest BCUT2D eigenvalue weighted by atomic mass is 9.76. The largest absolute Gasteiger partial charge is 0.303 e. The van der Waals surface area contributed by atoms with E-state index >= 15 is 0 Å². The molecule has 2 bridgehead atoms. The highest BCUT2D eigenvalue weighted by molar-refractivity contribution is 7.14. The molecule has 3 aromatic rings. The van der Waals surface area contributed by atoms with Crippen molar-refractivity contribution in [3.05, 3.63) is 35.0 Å². The summed E-state index contributed by atoms with van der Waals surface area (Å²) < 4.78 is 0. The number of piperidine rings is 3. The van der Waals surface area contributed by atoms with Gasteiger partial charge in [0.05, 0.1) is 5.52 Å². The number of rotatable bonds is 4. The number of carbonyl (C=O) groups is 1. The van der Waals surface area contributed by atoms with Gasteiger partial charge in [-0.3, -0.25) is 9.89 Å². The Kier molecular flexibility index (Phi) is 3.90. The van der Waals surface area contributed by atoms with Crippen LogP contribution in [-0.2, 0) is 0 Å². The van der Waals surface area contributed by atoms with Crippen molar-refractivity contribution in [1.82, 2.24) is 20.1 Å². The molecule has 5 nitrogen and oxygen atoms in total. The lowest BCUT2D eigenvalue weighted by molar-refractivity contribution is 0.0440. The van der Waals surface area contributed by atoms with E-state index in [0.717, 1.165) is 28.0 Å². The fourth-order valence-electron chi connectivity index (χ4n) is 4.50. The number of carbonyl (C=O) groups excluding carboxylic acids is 1. The van der Waals surface area contributed by atoms with Crippen LogP contribution in [-0.4, -0.2) is 45.5 Å². The number of aromatic nitrogens is 3. The summed E-state index contributed by atoms with van der Waals surface area (Å²) in [5, 5.41) is 9.29. The van der Waals surface area contributed by atoms with Crippen LogP contribution in [0.25, 0.3) is 21.5 Å². The molecular weight excluding hydrogens is 344 g/mol. The Morgan fingerprint density at radius 1 is 1.35 bits per heavy atom. The fraction of sp³-hybridized carbons (Fsp3) is 0.450. The molecule has 2 aromatic heterocycles. The van der Waals surface area contributed by atoms with E-state index in [9.17, 15) is 4.79 Å². The average Bonchev–Trinajstić information content (AvgIpc) is 3.28. The molecule has 6 heteroatoms. The maximum Gasteiger partial charge on any atom is 0.184 e. The van der Waals surface area contributed by atoms with E-state index in [4.69, 9.17) is 0 Å². The first-order valence-electron chi connectivity index (χ1n) is 9.34. The van der Waals surface area contributed by atoms with Crippen molar-refractivity contribution >= 4 is 28.0 Å². The summed E-state index contributed by atoms with van der Waals surface area (Å²) in [6.45, 7) is 5.54. The Balaban J connectivity index is 1.43. The van der Waals surface area contributed by atoms with Gasteiger partial charge in [0.25, 0.3) is 0 Å². The van der Waals surface area contributed by atoms with Crippen LogP contribution < -0.4 is 0 Å². The summed E-state index contributed by atoms with van der Waals surface area (Å²) in [7, 11) is 0. The summed E-state index contributed by atoms with van der Waals surface area (Å²) in [5.74, 6) is 1.37. The van der Waals surface area contributed by atoms with Crippen LogP contribution in [0.4, 0.5) is 0 Å². The molecule has 134 valence electrons. The third-order valence-electron chi connectivity index (χ3n) is 5.93. The predicted molar refractivity (Wildman–Crippen MR) is 104 cm³/mol. The van der Waals surface area contributed by atoms with E-state index in [2.05, 4.69) is 33.1 Å². The van der Waals surface area contributed by atoms with E-state index in [1.54, 1.807) is 11.3 Å². The van der Waals surface area contributed by atoms with Gasteiger partial charge < -0.3 is 4.90 Å². The number of ketones is 1. The first kappa shape index (κ1) is 16.1. The van der Waals surface area contributed by atoms with E-state index in [-0.39, 0.29) is 5.78 Å². The predicted octanol–water partition coefficient (Wildman–Crippen LogP) is 3.91. The summed E-state index contributed by atoms with van der Waals surface area (Å²) in [6, 6.07) is 6.10. The maximum absolute atomic E-state index is 13.0. The van der Waals surface area contributed by atoms with Crippen LogP contribution >= 0.6 is 11.3 Å². The molecule has 3 aliphatic heterocycles. The van der Waals surface area contributed by atoms with Gasteiger partial charge in [0, 0.05) is 35.0 Å². The van der Waals surface area contributed by atoms with Gasteiger partial charge in [-0.25, -0.2) is 4.98 Å². The highest BCUT2D eigenvalue weighted by Gasteiger charge is 2.35. The molecule has 0 spiro atoms. The van der Waals surface area contributed by atoms with Gasteiger partial charge in [-0.2, -0.15) is 5.10 Å². The number of hydrogen-bond donors (Lipinski definition) is 1. The van der Waals surface area contributed by atoms with E-state index in [1.807, 2.05) is 18.3 Å². The quantitative estimate of drug-likeness (QED) is 0.711. The number of aromatic amines is 1. The first-order chi connectivity index (χ1) is 12.7. The third kappa shape index (κ3) is 2.77. The van der Waals surface area contributed by atoms with Crippen LogP contribution in [0.3, 0.4) is 0 Å². The SMILES string of the molecule is Cc1cnc(-c2ccc3[nH]nc(C(=O)C[C@H]4CN5CCC4CC5)c3c2)s1. The summed E-state index contributed by atoms with van der Waals surface area (Å²) >= 11 is 1.67. The molecule has 1 atom stereocenters. The molecule has 3 saturated heterocycles. The van der Waals surface area contributed by atoms with E-state index in [1.165, 1.54) is 30.8 Å². The van der Waals surface area contributed by atoms with Crippen LogP contribution in [0.5, 0.6) is 0 Å². The van der Waals surface area contributed by atoms with Gasteiger partial charge in [-0.05, 0) is 62.9 Å². The normalized spacial score (nSPS) is 25.0. The number of thiazole rings is 1. The maximum atomic E-state index is 13.0. The van der Waals surface area contributed by atoms with Crippen molar-refractivity contribution in [2.75, 3.05) is 19.6 Å². The minimum absolute atomic E-state index is 0.169. The van der Waals surface area contributed by atoms with Crippen LogP contribution in [0.1, 0.15) is 34.6 Å². The fourth-order valence-corrected chi connectivity index (χ4v) is 5.26. The number of fused-ring (bicyclic) bond motifs is 4. The number of Topliss-reactive ketones (excluding diaryl/α,β-unsaturated/α-hetero) is 1. The Morgan fingerprint density at radius 3 is 2.88 bits per heavy atom. The molecule has 6 rings (SSSR count). The van der Waals surface area contributed by atoms with Crippen LogP contribution in [0.2, 0.25) is 0 Å². The minimum atomic E-state index is 0.169. The van der Waals surface area contributed by atoms with Gasteiger partial charge in [0.1, 0.15) is 10.7 Å². The van der Waals surface area contributed by atoms with Gasteiger partial charge in [0.15, 0.2) is 5.78 Å². The summed E-state index contributed by atoms with van der Waals surface area (Å²) in [5.41, 5.74) is 2.56. The van der Waals surface area contributed by atoms with Crippen molar-refractivity contribution in [3.8, 4) is 10.6 Å². The van der Waals surface area contributed by atoms with Crippen molar-refractivity contribution in [3.63, 3.8) is 0 Å². The Labute approximate surface area is 156 Å². The Bertz CT molecular complexity index is 967. The summed E-state index contributed by atoms with van der Waals surface area (Å²) in [6.07, 6.45) is 4.99. The molecule has 3 fully saturated rings. The van der Waals surface area contributed by atoms with Gasteiger partial charge in [-0.15, -0.1) is 11.3 Å². The number of nitrogens with one attached hydrogen (secondary N) is 1. The average molecular weight is 366 g/mol. The molecule has 3 aliphatic rings. The van der Waals surface area contributed by atoms with Crippen LogP contribution in [0, 0.1) is 18.8 Å². The lowest BCUT2D eigenvalue weighted by Crippen LogP contribution is -2.47. The number of hydrogen-bond acceptors (Lipinski definition) is 5. The number of aryl methyl sites for hydroxylation is 1.